The second-order valence-corrected chi connectivity index (χ2v) is 4.18. The molecule has 0 radical (unpaired) electrons. The van der Waals surface area contributed by atoms with E-state index in [1.807, 2.05) is 23.6 Å². The summed E-state index contributed by atoms with van der Waals surface area (Å²) in [5, 5.41) is 12.6. The Morgan fingerprint density at radius 2 is 2.20 bits per heavy atom. The van der Waals surface area contributed by atoms with Gasteiger partial charge >= 0.3 is 5.97 Å². The quantitative estimate of drug-likeness (QED) is 0.681. The lowest BCUT2D eigenvalue weighted by Crippen LogP contribution is -1.91. The molecule has 0 bridgehead atoms. The lowest BCUT2D eigenvalue weighted by atomic mass is 10.2. The third-order valence-electron chi connectivity index (χ3n) is 2.33. The minimum absolute atomic E-state index is 0.0105. The van der Waals surface area contributed by atoms with Crippen LogP contribution in [-0.4, -0.2) is 11.1 Å². The molecule has 0 aliphatic carbocycles. The molecule has 0 aliphatic heterocycles. The lowest BCUT2D eigenvalue weighted by molar-refractivity contribution is 0.0665. The maximum absolute atomic E-state index is 10.8. The molecule has 0 amide bonds. The Balaban J connectivity index is 2.46. The van der Waals surface area contributed by atoms with Gasteiger partial charge in [-0.2, -0.15) is 0 Å². The molecule has 2 aromatic heterocycles. The van der Waals surface area contributed by atoms with Gasteiger partial charge < -0.3 is 9.52 Å². The van der Waals surface area contributed by atoms with Crippen molar-refractivity contribution in [3.8, 4) is 0 Å². The molecular formula is C11H6O3S. The van der Waals surface area contributed by atoms with Crippen molar-refractivity contribution in [2.75, 3.05) is 0 Å². The summed E-state index contributed by atoms with van der Waals surface area (Å²) in [5.41, 5.74) is 0.658. The van der Waals surface area contributed by atoms with Gasteiger partial charge in [-0.05, 0) is 29.6 Å². The van der Waals surface area contributed by atoms with Crippen LogP contribution in [0.2, 0.25) is 0 Å². The van der Waals surface area contributed by atoms with Gasteiger partial charge in [-0.25, -0.2) is 4.79 Å². The maximum atomic E-state index is 10.8. The van der Waals surface area contributed by atoms with E-state index in [1.54, 1.807) is 17.4 Å². The summed E-state index contributed by atoms with van der Waals surface area (Å²) in [6, 6.07) is 7.35. The average molecular weight is 218 g/mol. The molecule has 0 atom stereocenters. The zero-order valence-electron chi connectivity index (χ0n) is 7.56. The van der Waals surface area contributed by atoms with Crippen molar-refractivity contribution in [2.45, 2.75) is 0 Å². The number of rotatable bonds is 1. The van der Waals surface area contributed by atoms with Gasteiger partial charge in [0.25, 0.3) is 0 Å². The normalized spacial score (nSPS) is 11.2. The molecule has 0 aliphatic rings. The Morgan fingerprint density at radius 1 is 1.33 bits per heavy atom. The number of thiophene rings is 1. The summed E-state index contributed by atoms with van der Waals surface area (Å²) in [4.78, 5) is 10.8. The van der Waals surface area contributed by atoms with Crippen LogP contribution in [0.25, 0.3) is 21.1 Å². The third kappa shape index (κ3) is 1.15. The van der Waals surface area contributed by atoms with Crippen LogP contribution in [-0.2, 0) is 0 Å². The van der Waals surface area contributed by atoms with Crippen molar-refractivity contribution in [3.63, 3.8) is 0 Å². The van der Waals surface area contributed by atoms with Gasteiger partial charge in [-0.3, -0.25) is 0 Å². The third-order valence-corrected chi connectivity index (χ3v) is 3.21. The Bertz CT molecular complexity index is 663. The fourth-order valence-corrected chi connectivity index (χ4v) is 2.43. The fraction of sp³-hybridized carbons (Fsp3) is 0. The fourth-order valence-electron chi connectivity index (χ4n) is 1.65. The van der Waals surface area contributed by atoms with E-state index in [4.69, 9.17) is 9.52 Å². The SMILES string of the molecule is O=C(O)c1cc2ccc3sccc3c2o1. The van der Waals surface area contributed by atoms with Crippen molar-refractivity contribution in [1.82, 2.24) is 0 Å². The second kappa shape index (κ2) is 2.84. The molecule has 1 aromatic carbocycles. The first-order chi connectivity index (χ1) is 7.25. The number of hydrogen-bond donors (Lipinski definition) is 1. The molecule has 0 unspecified atom stereocenters. The molecule has 3 rings (SSSR count). The number of carboxylic acid groups (broad SMARTS) is 1. The van der Waals surface area contributed by atoms with Gasteiger partial charge in [0.1, 0.15) is 5.58 Å². The minimum atomic E-state index is -1.03. The summed E-state index contributed by atoms with van der Waals surface area (Å²) in [6.07, 6.45) is 0. The molecule has 2 heterocycles. The molecule has 15 heavy (non-hydrogen) atoms. The zero-order valence-corrected chi connectivity index (χ0v) is 8.38. The first kappa shape index (κ1) is 8.49. The number of carbonyl (C=O) groups is 1. The first-order valence-electron chi connectivity index (χ1n) is 4.39. The van der Waals surface area contributed by atoms with E-state index < -0.39 is 5.97 Å². The molecule has 1 N–H and O–H groups in total. The van der Waals surface area contributed by atoms with E-state index in [9.17, 15) is 4.79 Å². The Labute approximate surface area is 88.6 Å². The van der Waals surface area contributed by atoms with Gasteiger partial charge in [-0.1, -0.05) is 0 Å². The summed E-state index contributed by atoms with van der Waals surface area (Å²) in [5.74, 6) is -1.04. The number of fused-ring (bicyclic) bond motifs is 3. The van der Waals surface area contributed by atoms with Crippen molar-refractivity contribution in [3.05, 3.63) is 35.4 Å². The minimum Gasteiger partial charge on any atom is -0.475 e. The number of benzene rings is 1. The highest BCUT2D eigenvalue weighted by molar-refractivity contribution is 7.17. The van der Waals surface area contributed by atoms with Crippen LogP contribution in [0.1, 0.15) is 10.6 Å². The first-order valence-corrected chi connectivity index (χ1v) is 5.27. The Kier molecular flexibility index (Phi) is 1.61. The lowest BCUT2D eigenvalue weighted by Gasteiger charge is -1.89. The van der Waals surface area contributed by atoms with Crippen molar-refractivity contribution in [1.29, 1.82) is 0 Å². The predicted octanol–water partition coefficient (Wildman–Crippen LogP) is 3.35. The molecule has 4 heteroatoms. The van der Waals surface area contributed by atoms with Crippen LogP contribution in [0.4, 0.5) is 0 Å². The van der Waals surface area contributed by atoms with Crippen LogP contribution in [0.15, 0.2) is 34.1 Å². The van der Waals surface area contributed by atoms with Crippen molar-refractivity contribution < 1.29 is 14.3 Å². The molecule has 0 saturated carbocycles. The largest absolute Gasteiger partial charge is 0.475 e. The highest BCUT2D eigenvalue weighted by atomic mass is 32.1. The second-order valence-electron chi connectivity index (χ2n) is 3.23. The van der Waals surface area contributed by atoms with Crippen LogP contribution in [0.5, 0.6) is 0 Å². The molecule has 74 valence electrons. The molecule has 0 saturated heterocycles. The standard InChI is InChI=1S/C11H6O3S/c12-11(13)8-5-6-1-2-9-7(3-4-15-9)10(6)14-8/h1-5H,(H,12,13). The van der Waals surface area contributed by atoms with Crippen LogP contribution < -0.4 is 0 Å². The molecule has 3 aromatic rings. The van der Waals surface area contributed by atoms with Crippen LogP contribution in [0.3, 0.4) is 0 Å². The number of carboxylic acids is 1. The number of furan rings is 1. The van der Waals surface area contributed by atoms with Gasteiger partial charge in [0.15, 0.2) is 0 Å². The predicted molar refractivity (Wildman–Crippen MR) is 58.6 cm³/mol. The van der Waals surface area contributed by atoms with Crippen LogP contribution in [0, 0.1) is 0 Å². The van der Waals surface area contributed by atoms with E-state index in [-0.39, 0.29) is 5.76 Å². The van der Waals surface area contributed by atoms with Crippen molar-refractivity contribution >= 4 is 38.4 Å². The molecular weight excluding hydrogens is 212 g/mol. The summed E-state index contributed by atoms with van der Waals surface area (Å²) in [6.45, 7) is 0. The summed E-state index contributed by atoms with van der Waals surface area (Å²) < 4.78 is 6.41. The van der Waals surface area contributed by atoms with Gasteiger partial charge in [0.05, 0.1) is 0 Å². The average Bonchev–Trinajstić information content (AvgIpc) is 2.82. The summed E-state index contributed by atoms with van der Waals surface area (Å²) >= 11 is 1.61. The highest BCUT2D eigenvalue weighted by Gasteiger charge is 2.12. The van der Waals surface area contributed by atoms with E-state index >= 15 is 0 Å². The summed E-state index contributed by atoms with van der Waals surface area (Å²) in [7, 11) is 0. The van der Waals surface area contributed by atoms with Gasteiger partial charge in [0.2, 0.25) is 5.76 Å². The van der Waals surface area contributed by atoms with E-state index in [2.05, 4.69) is 0 Å². The molecule has 0 fully saturated rings. The number of aromatic carboxylic acids is 1. The van der Waals surface area contributed by atoms with E-state index in [0.29, 0.717) is 5.58 Å². The monoisotopic (exact) mass is 218 g/mol. The van der Waals surface area contributed by atoms with E-state index in [1.165, 1.54) is 0 Å². The van der Waals surface area contributed by atoms with Gasteiger partial charge in [-0.15, -0.1) is 11.3 Å². The highest BCUT2D eigenvalue weighted by Crippen LogP contribution is 2.31. The Hall–Kier alpha value is -1.81. The topological polar surface area (TPSA) is 50.4 Å². The smallest absolute Gasteiger partial charge is 0.371 e. The van der Waals surface area contributed by atoms with E-state index in [0.717, 1.165) is 15.5 Å². The van der Waals surface area contributed by atoms with Crippen molar-refractivity contribution in [2.24, 2.45) is 0 Å². The molecule has 0 spiro atoms. The Morgan fingerprint density at radius 3 is 3.00 bits per heavy atom. The molecule has 3 nitrogen and oxygen atoms in total. The maximum Gasteiger partial charge on any atom is 0.371 e. The zero-order chi connectivity index (χ0) is 10.4. The number of hydrogen-bond acceptors (Lipinski definition) is 3. The van der Waals surface area contributed by atoms with Gasteiger partial charge in [0, 0.05) is 15.5 Å². The van der Waals surface area contributed by atoms with Crippen LogP contribution >= 0.6 is 11.3 Å².